The van der Waals surface area contributed by atoms with E-state index in [2.05, 4.69) is 4.72 Å². The number of alkyl halides is 3. The molecule has 0 saturated heterocycles. The molecule has 0 aliphatic carbocycles. The fourth-order valence-corrected chi connectivity index (χ4v) is 3.28. The highest BCUT2D eigenvalue weighted by molar-refractivity contribution is 7.92. The maximum absolute atomic E-state index is 12.6. The summed E-state index contributed by atoms with van der Waals surface area (Å²) in [5.41, 5.74) is -1.01. The van der Waals surface area contributed by atoms with E-state index in [0.717, 1.165) is 18.2 Å². The molecule has 0 unspecified atom stereocenters. The van der Waals surface area contributed by atoms with Crippen molar-refractivity contribution in [1.82, 2.24) is 0 Å². The Bertz CT molecular complexity index is 787. The van der Waals surface area contributed by atoms with Gasteiger partial charge in [0, 0.05) is 10.0 Å². The van der Waals surface area contributed by atoms with E-state index in [9.17, 15) is 21.6 Å². The lowest BCUT2D eigenvalue weighted by Gasteiger charge is -2.11. The minimum atomic E-state index is -4.63. The number of hydrogen-bond acceptors (Lipinski definition) is 2. The third-order valence-electron chi connectivity index (χ3n) is 2.59. The molecule has 0 amide bonds. The van der Waals surface area contributed by atoms with E-state index >= 15 is 0 Å². The molecule has 0 saturated carbocycles. The van der Waals surface area contributed by atoms with Gasteiger partial charge in [-0.05, 0) is 36.4 Å². The van der Waals surface area contributed by atoms with Crippen molar-refractivity contribution in [2.75, 3.05) is 4.72 Å². The van der Waals surface area contributed by atoms with Crippen LogP contribution in [-0.4, -0.2) is 8.42 Å². The van der Waals surface area contributed by atoms with Gasteiger partial charge in [-0.2, -0.15) is 13.2 Å². The minimum Gasteiger partial charge on any atom is -0.280 e. The summed E-state index contributed by atoms with van der Waals surface area (Å²) in [6.45, 7) is 0. The van der Waals surface area contributed by atoms with E-state index < -0.39 is 26.7 Å². The van der Waals surface area contributed by atoms with Crippen LogP contribution in [0.3, 0.4) is 0 Å². The van der Waals surface area contributed by atoms with E-state index in [1.165, 1.54) is 18.2 Å². The molecule has 3 nitrogen and oxygen atoms in total. The summed E-state index contributed by atoms with van der Waals surface area (Å²) in [5, 5.41) is 0.378. The molecule has 0 atom stereocenters. The molecular formula is C13H8Cl2F3NO2S. The van der Waals surface area contributed by atoms with Crippen molar-refractivity contribution >= 4 is 38.9 Å². The summed E-state index contributed by atoms with van der Waals surface area (Å²) in [5.74, 6) is 0. The zero-order valence-corrected chi connectivity index (χ0v) is 13.0. The number of anilines is 1. The quantitative estimate of drug-likeness (QED) is 0.843. The first-order chi connectivity index (χ1) is 10.1. The van der Waals surface area contributed by atoms with Gasteiger partial charge in [-0.1, -0.05) is 29.3 Å². The molecule has 0 spiro atoms. The highest BCUT2D eigenvalue weighted by Gasteiger charge is 2.31. The van der Waals surface area contributed by atoms with Crippen LogP contribution in [0.5, 0.6) is 0 Å². The van der Waals surface area contributed by atoms with E-state index in [4.69, 9.17) is 23.2 Å². The zero-order valence-electron chi connectivity index (χ0n) is 10.7. The highest BCUT2D eigenvalue weighted by atomic mass is 35.5. The molecule has 9 heteroatoms. The Labute approximate surface area is 134 Å². The van der Waals surface area contributed by atoms with Crippen molar-refractivity contribution in [3.8, 4) is 0 Å². The monoisotopic (exact) mass is 369 g/mol. The van der Waals surface area contributed by atoms with E-state index in [1.807, 2.05) is 0 Å². The summed E-state index contributed by atoms with van der Waals surface area (Å²) in [4.78, 5) is -0.515. The standard InChI is InChI=1S/C13H8Cl2F3NO2S/c14-9-5-10(15)7-11(6-9)19-22(20,21)12-3-1-2-8(4-12)13(16,17)18/h1-7,19H. The smallest absolute Gasteiger partial charge is 0.280 e. The van der Waals surface area contributed by atoms with Crippen LogP contribution in [0.15, 0.2) is 47.4 Å². The predicted molar refractivity (Wildman–Crippen MR) is 78.7 cm³/mol. The molecule has 0 radical (unpaired) electrons. The number of benzene rings is 2. The average Bonchev–Trinajstić information content (AvgIpc) is 2.36. The molecule has 2 aromatic carbocycles. The summed E-state index contributed by atoms with van der Waals surface area (Å²) in [7, 11) is -4.20. The van der Waals surface area contributed by atoms with E-state index in [1.54, 1.807) is 0 Å². The lowest BCUT2D eigenvalue weighted by molar-refractivity contribution is -0.137. The molecule has 0 aromatic heterocycles. The summed E-state index contributed by atoms with van der Waals surface area (Å²) < 4.78 is 64.3. The Morgan fingerprint density at radius 1 is 0.955 bits per heavy atom. The fraction of sp³-hybridized carbons (Fsp3) is 0.0769. The molecule has 1 N–H and O–H groups in total. The second-order valence-corrected chi connectivity index (χ2v) is 6.84. The van der Waals surface area contributed by atoms with Gasteiger partial charge < -0.3 is 0 Å². The molecule has 0 aliphatic rings. The minimum absolute atomic E-state index is 0.0508. The van der Waals surface area contributed by atoms with Crippen LogP contribution in [0, 0.1) is 0 Å². The maximum Gasteiger partial charge on any atom is 0.416 e. The number of hydrogen-bond donors (Lipinski definition) is 1. The molecule has 0 aliphatic heterocycles. The van der Waals surface area contributed by atoms with Gasteiger partial charge in [0.05, 0.1) is 16.1 Å². The topological polar surface area (TPSA) is 46.2 Å². The van der Waals surface area contributed by atoms with Gasteiger partial charge >= 0.3 is 6.18 Å². The summed E-state index contributed by atoms with van der Waals surface area (Å²) in [6, 6.07) is 7.39. The molecule has 0 heterocycles. The van der Waals surface area contributed by atoms with Gasteiger partial charge in [0.1, 0.15) is 0 Å². The third-order valence-corrected chi connectivity index (χ3v) is 4.40. The number of nitrogens with one attached hydrogen (secondary N) is 1. The molecule has 22 heavy (non-hydrogen) atoms. The highest BCUT2D eigenvalue weighted by Crippen LogP contribution is 2.31. The summed E-state index contributed by atoms with van der Waals surface area (Å²) in [6.07, 6.45) is -4.63. The molecular weight excluding hydrogens is 362 g/mol. The van der Waals surface area contributed by atoms with Gasteiger partial charge in [-0.25, -0.2) is 8.42 Å². The summed E-state index contributed by atoms with van der Waals surface area (Å²) >= 11 is 11.5. The van der Waals surface area contributed by atoms with Crippen LogP contribution in [-0.2, 0) is 16.2 Å². The fourth-order valence-electron chi connectivity index (χ4n) is 1.67. The van der Waals surface area contributed by atoms with Crippen LogP contribution in [0.25, 0.3) is 0 Å². The Balaban J connectivity index is 2.39. The van der Waals surface area contributed by atoms with Gasteiger partial charge in [0.15, 0.2) is 0 Å². The predicted octanol–water partition coefficient (Wildman–Crippen LogP) is 4.81. The average molecular weight is 370 g/mol. The molecule has 0 bridgehead atoms. The van der Waals surface area contributed by atoms with Crippen molar-refractivity contribution in [3.63, 3.8) is 0 Å². The first-order valence-corrected chi connectivity index (χ1v) is 7.98. The van der Waals surface area contributed by atoms with Gasteiger partial charge in [0.2, 0.25) is 0 Å². The van der Waals surface area contributed by atoms with E-state index in [-0.39, 0.29) is 15.7 Å². The molecule has 0 fully saturated rings. The van der Waals surface area contributed by atoms with Crippen molar-refractivity contribution in [3.05, 3.63) is 58.1 Å². The van der Waals surface area contributed by atoms with Crippen LogP contribution < -0.4 is 4.72 Å². The maximum atomic E-state index is 12.6. The number of halogens is 5. The second kappa shape index (κ2) is 5.98. The first-order valence-electron chi connectivity index (χ1n) is 5.74. The normalized spacial score (nSPS) is 12.2. The van der Waals surface area contributed by atoms with Crippen LogP contribution >= 0.6 is 23.2 Å². The van der Waals surface area contributed by atoms with Crippen LogP contribution in [0.1, 0.15) is 5.56 Å². The zero-order chi connectivity index (χ0) is 16.5. The number of rotatable bonds is 3. The molecule has 118 valence electrons. The molecule has 2 rings (SSSR count). The number of sulfonamides is 1. The van der Waals surface area contributed by atoms with Gasteiger partial charge in [0.25, 0.3) is 10.0 Å². The van der Waals surface area contributed by atoms with Crippen molar-refractivity contribution < 1.29 is 21.6 Å². The van der Waals surface area contributed by atoms with Gasteiger partial charge in [-0.3, -0.25) is 4.72 Å². The lowest BCUT2D eigenvalue weighted by Crippen LogP contribution is -2.14. The van der Waals surface area contributed by atoms with Gasteiger partial charge in [-0.15, -0.1) is 0 Å². The van der Waals surface area contributed by atoms with Crippen molar-refractivity contribution in [2.45, 2.75) is 11.1 Å². The third kappa shape index (κ3) is 4.06. The second-order valence-electron chi connectivity index (χ2n) is 4.29. The van der Waals surface area contributed by atoms with Crippen LogP contribution in [0.4, 0.5) is 18.9 Å². The van der Waals surface area contributed by atoms with E-state index in [0.29, 0.717) is 6.07 Å². The van der Waals surface area contributed by atoms with Crippen molar-refractivity contribution in [1.29, 1.82) is 0 Å². The molecule has 2 aromatic rings. The SMILES string of the molecule is O=S(=O)(Nc1cc(Cl)cc(Cl)c1)c1cccc(C(F)(F)F)c1. The Kier molecular flexibility index (Phi) is 4.60. The Morgan fingerprint density at radius 3 is 2.09 bits per heavy atom. The largest absolute Gasteiger partial charge is 0.416 e. The lowest BCUT2D eigenvalue weighted by atomic mass is 10.2. The van der Waals surface area contributed by atoms with Crippen LogP contribution in [0.2, 0.25) is 10.0 Å². The first kappa shape index (κ1) is 16.9. The Morgan fingerprint density at radius 2 is 1.55 bits per heavy atom. The Hall–Kier alpha value is -1.44. The van der Waals surface area contributed by atoms with Crippen molar-refractivity contribution in [2.24, 2.45) is 0 Å².